The minimum absolute atomic E-state index is 0.274. The molecule has 2 aromatic rings. The Kier molecular flexibility index (Phi) is 1.94. The summed E-state index contributed by atoms with van der Waals surface area (Å²) >= 11 is 0. The third-order valence-corrected chi connectivity index (χ3v) is 2.18. The molecule has 6 heteroatoms. The van der Waals surface area contributed by atoms with Crippen LogP contribution in [0, 0.1) is 6.92 Å². The van der Waals surface area contributed by atoms with Crippen molar-refractivity contribution < 1.29 is 10.0 Å². The van der Waals surface area contributed by atoms with Gasteiger partial charge in [-0.05, 0) is 12.5 Å². The lowest BCUT2D eigenvalue weighted by atomic mass is 9.79. The standard InChI is InChI=1S/C8H10BN3O2/c1-4-2-3-5(9(13)14)7-6(4)11-8(10)12-7/h2-3,13-14H,1H3,(H3,10,11,12). The van der Waals surface area contributed by atoms with Gasteiger partial charge >= 0.3 is 7.12 Å². The molecule has 2 rings (SSSR count). The van der Waals surface area contributed by atoms with E-state index in [-0.39, 0.29) is 5.95 Å². The molecule has 5 nitrogen and oxygen atoms in total. The fraction of sp³-hybridized carbons (Fsp3) is 0.125. The number of nitrogens with zero attached hydrogens (tertiary/aromatic N) is 1. The summed E-state index contributed by atoms with van der Waals surface area (Å²) < 4.78 is 0. The molecule has 0 saturated heterocycles. The zero-order chi connectivity index (χ0) is 10.3. The molecule has 0 bridgehead atoms. The van der Waals surface area contributed by atoms with Gasteiger partial charge < -0.3 is 20.8 Å². The van der Waals surface area contributed by atoms with E-state index in [9.17, 15) is 0 Å². The number of fused-ring (bicyclic) bond motifs is 1. The summed E-state index contributed by atoms with van der Waals surface area (Å²) in [6.07, 6.45) is 0. The Bertz CT molecular complexity index is 481. The number of nitrogens with one attached hydrogen (secondary N) is 1. The van der Waals surface area contributed by atoms with Gasteiger partial charge in [-0.2, -0.15) is 0 Å². The van der Waals surface area contributed by atoms with Gasteiger partial charge in [-0.15, -0.1) is 0 Å². The first-order valence-corrected chi connectivity index (χ1v) is 4.20. The highest BCUT2D eigenvalue weighted by molar-refractivity contribution is 6.61. The molecule has 1 aromatic carbocycles. The number of nitrogens with two attached hydrogens (primary N) is 1. The Morgan fingerprint density at radius 2 is 2.14 bits per heavy atom. The maximum absolute atomic E-state index is 9.08. The summed E-state index contributed by atoms with van der Waals surface area (Å²) in [5.74, 6) is 0.274. The number of H-pyrrole nitrogens is 1. The van der Waals surface area contributed by atoms with Crippen molar-refractivity contribution in [2.75, 3.05) is 5.73 Å². The highest BCUT2D eigenvalue weighted by atomic mass is 16.4. The molecule has 0 unspecified atom stereocenters. The predicted molar refractivity (Wildman–Crippen MR) is 55.1 cm³/mol. The first kappa shape index (κ1) is 9.05. The second kappa shape index (κ2) is 3.00. The minimum Gasteiger partial charge on any atom is -0.423 e. The van der Waals surface area contributed by atoms with Crippen LogP contribution < -0.4 is 11.2 Å². The van der Waals surface area contributed by atoms with Crippen molar-refractivity contribution in [1.82, 2.24) is 9.97 Å². The summed E-state index contributed by atoms with van der Waals surface area (Å²) in [4.78, 5) is 6.86. The molecule has 0 aliphatic rings. The Labute approximate surface area is 80.7 Å². The fourth-order valence-electron chi connectivity index (χ4n) is 1.47. The van der Waals surface area contributed by atoms with Crippen molar-refractivity contribution >= 4 is 29.6 Å². The second-order valence-corrected chi connectivity index (χ2v) is 3.19. The summed E-state index contributed by atoms with van der Waals surface area (Å²) in [7, 11) is -1.53. The molecule has 14 heavy (non-hydrogen) atoms. The number of hydrogen-bond donors (Lipinski definition) is 4. The highest BCUT2D eigenvalue weighted by Crippen LogP contribution is 2.14. The van der Waals surface area contributed by atoms with Crippen LogP contribution in [0.1, 0.15) is 5.56 Å². The Morgan fingerprint density at radius 1 is 1.43 bits per heavy atom. The van der Waals surface area contributed by atoms with E-state index < -0.39 is 7.12 Å². The highest BCUT2D eigenvalue weighted by Gasteiger charge is 2.17. The summed E-state index contributed by atoms with van der Waals surface area (Å²) in [5.41, 5.74) is 8.08. The third-order valence-electron chi connectivity index (χ3n) is 2.18. The summed E-state index contributed by atoms with van der Waals surface area (Å²) in [5, 5.41) is 18.2. The van der Waals surface area contributed by atoms with Crippen LogP contribution in [0.4, 0.5) is 5.95 Å². The number of anilines is 1. The quantitative estimate of drug-likeness (QED) is 0.440. The van der Waals surface area contributed by atoms with Crippen molar-refractivity contribution in [2.24, 2.45) is 0 Å². The smallest absolute Gasteiger partial charge is 0.423 e. The van der Waals surface area contributed by atoms with Crippen LogP contribution in [0.25, 0.3) is 11.0 Å². The van der Waals surface area contributed by atoms with Crippen LogP contribution in [0.15, 0.2) is 12.1 Å². The fourth-order valence-corrected chi connectivity index (χ4v) is 1.47. The molecule has 0 amide bonds. The Morgan fingerprint density at radius 3 is 2.79 bits per heavy atom. The Hall–Kier alpha value is -1.53. The molecule has 0 radical (unpaired) electrons. The van der Waals surface area contributed by atoms with Crippen molar-refractivity contribution in [1.29, 1.82) is 0 Å². The lowest BCUT2D eigenvalue weighted by Crippen LogP contribution is -2.30. The molecule has 5 N–H and O–H groups in total. The van der Waals surface area contributed by atoms with Crippen LogP contribution in [0.3, 0.4) is 0 Å². The van der Waals surface area contributed by atoms with Crippen LogP contribution in [-0.4, -0.2) is 27.1 Å². The molecule has 0 aliphatic carbocycles. The van der Waals surface area contributed by atoms with E-state index >= 15 is 0 Å². The van der Waals surface area contributed by atoms with Gasteiger partial charge in [-0.1, -0.05) is 12.1 Å². The Balaban J connectivity index is 2.81. The van der Waals surface area contributed by atoms with Gasteiger partial charge in [-0.25, -0.2) is 4.98 Å². The van der Waals surface area contributed by atoms with Gasteiger partial charge in [0.2, 0.25) is 0 Å². The number of imidazole rings is 1. The molecule has 0 saturated carbocycles. The molecule has 1 aromatic heterocycles. The average Bonchev–Trinajstić information content (AvgIpc) is 2.47. The van der Waals surface area contributed by atoms with E-state index in [0.29, 0.717) is 11.0 Å². The second-order valence-electron chi connectivity index (χ2n) is 3.19. The number of aromatic nitrogens is 2. The van der Waals surface area contributed by atoms with Gasteiger partial charge in [0.15, 0.2) is 5.95 Å². The molecule has 0 fully saturated rings. The van der Waals surface area contributed by atoms with Crippen LogP contribution in [-0.2, 0) is 0 Å². The van der Waals surface area contributed by atoms with Crippen molar-refractivity contribution in [2.45, 2.75) is 6.92 Å². The number of aromatic amines is 1. The topological polar surface area (TPSA) is 95.2 Å². The van der Waals surface area contributed by atoms with Crippen LogP contribution >= 0.6 is 0 Å². The summed E-state index contributed by atoms with van der Waals surface area (Å²) in [6, 6.07) is 3.41. The number of rotatable bonds is 1. The monoisotopic (exact) mass is 191 g/mol. The van der Waals surface area contributed by atoms with E-state index in [1.54, 1.807) is 12.1 Å². The zero-order valence-electron chi connectivity index (χ0n) is 7.65. The van der Waals surface area contributed by atoms with Crippen molar-refractivity contribution in [3.05, 3.63) is 17.7 Å². The number of hydrogen-bond acceptors (Lipinski definition) is 4. The third kappa shape index (κ3) is 1.25. The zero-order valence-corrected chi connectivity index (χ0v) is 7.65. The molecule has 0 aliphatic heterocycles. The minimum atomic E-state index is -1.53. The van der Waals surface area contributed by atoms with E-state index in [1.807, 2.05) is 6.92 Å². The number of aryl methyl sites for hydroxylation is 1. The average molecular weight is 191 g/mol. The van der Waals surface area contributed by atoms with Crippen LogP contribution in [0.5, 0.6) is 0 Å². The SMILES string of the molecule is Cc1ccc(B(O)O)c2nc(N)[nH]c12. The molecule has 72 valence electrons. The molecular formula is C8H10BN3O2. The molecule has 1 heterocycles. The number of benzene rings is 1. The van der Waals surface area contributed by atoms with E-state index in [0.717, 1.165) is 11.1 Å². The lowest BCUT2D eigenvalue weighted by molar-refractivity contribution is 0.426. The first-order valence-electron chi connectivity index (χ1n) is 4.20. The molecule has 0 atom stereocenters. The first-order chi connectivity index (χ1) is 6.59. The van der Waals surface area contributed by atoms with Crippen molar-refractivity contribution in [3.63, 3.8) is 0 Å². The maximum Gasteiger partial charge on any atom is 0.490 e. The largest absolute Gasteiger partial charge is 0.490 e. The van der Waals surface area contributed by atoms with Gasteiger partial charge in [0.1, 0.15) is 0 Å². The van der Waals surface area contributed by atoms with Gasteiger partial charge in [0, 0.05) is 5.46 Å². The maximum atomic E-state index is 9.08. The number of nitrogen functional groups attached to an aromatic ring is 1. The van der Waals surface area contributed by atoms with E-state index in [2.05, 4.69) is 9.97 Å². The van der Waals surface area contributed by atoms with Gasteiger partial charge in [0.25, 0.3) is 0 Å². The van der Waals surface area contributed by atoms with Crippen LogP contribution in [0.2, 0.25) is 0 Å². The molecule has 0 spiro atoms. The van der Waals surface area contributed by atoms with Crippen molar-refractivity contribution in [3.8, 4) is 0 Å². The predicted octanol–water partition coefficient (Wildman–Crippen LogP) is -0.867. The normalized spacial score (nSPS) is 10.8. The molecular weight excluding hydrogens is 181 g/mol. The van der Waals surface area contributed by atoms with E-state index in [1.165, 1.54) is 0 Å². The van der Waals surface area contributed by atoms with E-state index in [4.69, 9.17) is 15.8 Å². The lowest BCUT2D eigenvalue weighted by Gasteiger charge is -2.01. The van der Waals surface area contributed by atoms with Gasteiger partial charge in [0.05, 0.1) is 11.0 Å². The van der Waals surface area contributed by atoms with Gasteiger partial charge in [-0.3, -0.25) is 0 Å². The summed E-state index contributed by atoms with van der Waals surface area (Å²) in [6.45, 7) is 1.90.